The number of pyridine rings is 1. The third kappa shape index (κ3) is 3.79. The van der Waals surface area contributed by atoms with Gasteiger partial charge in [0.05, 0.1) is 15.6 Å². The number of nitrogens with one attached hydrogen (secondary N) is 1. The van der Waals surface area contributed by atoms with Gasteiger partial charge in [-0.1, -0.05) is 67.6 Å². The molecule has 0 unspecified atom stereocenters. The highest BCUT2D eigenvalue weighted by molar-refractivity contribution is 7.25. The summed E-state index contributed by atoms with van der Waals surface area (Å²) in [6.45, 7) is 2.97. The Bertz CT molecular complexity index is 1700. The van der Waals surface area contributed by atoms with E-state index in [1.165, 1.54) is 0 Å². The lowest BCUT2D eigenvalue weighted by molar-refractivity contribution is 0.957. The van der Waals surface area contributed by atoms with Crippen molar-refractivity contribution in [2.75, 3.05) is 30.9 Å². The Morgan fingerprint density at radius 3 is 2.28 bits per heavy atom. The van der Waals surface area contributed by atoms with Crippen molar-refractivity contribution < 1.29 is 0 Å². The number of rotatable bonds is 6. The molecule has 4 aromatic heterocycles. The van der Waals surface area contributed by atoms with Gasteiger partial charge in [0.25, 0.3) is 0 Å². The minimum Gasteiger partial charge on any atom is -0.369 e. The number of aromatic nitrogens is 5. The van der Waals surface area contributed by atoms with Gasteiger partial charge in [-0.2, -0.15) is 9.97 Å². The SMILES string of the molecule is CCCNc1nc(N(C)C)nc2nc3c(cc12)sc1nnc(-c2ccccc2)c(-c2ccccc2)c13. The highest BCUT2D eigenvalue weighted by atomic mass is 32.1. The van der Waals surface area contributed by atoms with Crippen molar-refractivity contribution in [3.8, 4) is 22.4 Å². The number of anilines is 2. The van der Waals surface area contributed by atoms with E-state index in [1.54, 1.807) is 11.3 Å². The summed E-state index contributed by atoms with van der Waals surface area (Å²) in [4.78, 5) is 17.4. The van der Waals surface area contributed by atoms with Crippen LogP contribution < -0.4 is 10.2 Å². The molecule has 1 N–H and O–H groups in total. The van der Waals surface area contributed by atoms with Gasteiger partial charge in [-0.3, -0.25) is 0 Å². The third-order valence-corrected chi connectivity index (χ3v) is 7.09. The smallest absolute Gasteiger partial charge is 0.228 e. The topological polar surface area (TPSA) is 79.7 Å². The molecule has 0 radical (unpaired) electrons. The molecular weight excluding hydrogens is 466 g/mol. The van der Waals surface area contributed by atoms with E-state index >= 15 is 0 Å². The van der Waals surface area contributed by atoms with Crippen LogP contribution in [0.2, 0.25) is 0 Å². The molecule has 7 nitrogen and oxygen atoms in total. The highest BCUT2D eigenvalue weighted by Crippen LogP contribution is 2.43. The molecule has 36 heavy (non-hydrogen) atoms. The number of nitrogens with zero attached hydrogens (tertiary/aromatic N) is 6. The van der Waals surface area contributed by atoms with Crippen LogP contribution in [0.3, 0.4) is 0 Å². The minimum atomic E-state index is 0.625. The molecule has 0 atom stereocenters. The van der Waals surface area contributed by atoms with Gasteiger partial charge in [0.15, 0.2) is 5.65 Å². The van der Waals surface area contributed by atoms with Crippen molar-refractivity contribution in [1.82, 2.24) is 25.1 Å². The molecule has 0 aliphatic carbocycles. The van der Waals surface area contributed by atoms with Crippen molar-refractivity contribution >= 4 is 54.6 Å². The normalized spacial score (nSPS) is 11.4. The highest BCUT2D eigenvalue weighted by Gasteiger charge is 2.21. The molecule has 0 amide bonds. The van der Waals surface area contributed by atoms with E-state index in [9.17, 15) is 0 Å². The first kappa shape index (κ1) is 22.3. The molecule has 0 saturated carbocycles. The van der Waals surface area contributed by atoms with Gasteiger partial charge < -0.3 is 10.2 Å². The molecule has 178 valence electrons. The van der Waals surface area contributed by atoms with Crippen LogP contribution in [0.5, 0.6) is 0 Å². The van der Waals surface area contributed by atoms with Gasteiger partial charge in [-0.05, 0) is 18.1 Å². The van der Waals surface area contributed by atoms with E-state index in [1.807, 2.05) is 43.3 Å². The Kier molecular flexibility index (Phi) is 5.65. The summed E-state index contributed by atoms with van der Waals surface area (Å²) in [5.41, 5.74) is 5.54. The van der Waals surface area contributed by atoms with Crippen LogP contribution in [0.15, 0.2) is 66.7 Å². The first-order valence-corrected chi connectivity index (χ1v) is 12.8. The number of thiophene rings is 1. The lowest BCUT2D eigenvalue weighted by atomic mass is 9.97. The monoisotopic (exact) mass is 491 g/mol. The van der Waals surface area contributed by atoms with E-state index in [4.69, 9.17) is 20.1 Å². The third-order valence-electron chi connectivity index (χ3n) is 6.08. The lowest BCUT2D eigenvalue weighted by Crippen LogP contribution is -2.15. The van der Waals surface area contributed by atoms with Crippen molar-refractivity contribution in [3.05, 3.63) is 66.7 Å². The molecule has 4 heterocycles. The summed E-state index contributed by atoms with van der Waals surface area (Å²) in [5.74, 6) is 1.43. The largest absolute Gasteiger partial charge is 0.369 e. The van der Waals surface area contributed by atoms with Crippen LogP contribution in [-0.4, -0.2) is 45.8 Å². The van der Waals surface area contributed by atoms with Crippen LogP contribution in [-0.2, 0) is 0 Å². The second-order valence-corrected chi connectivity index (χ2v) is 9.87. The average molecular weight is 492 g/mol. The molecule has 0 aliphatic heterocycles. The maximum absolute atomic E-state index is 5.12. The Balaban J connectivity index is 1.71. The zero-order valence-electron chi connectivity index (χ0n) is 20.4. The molecule has 0 aliphatic rings. The van der Waals surface area contributed by atoms with E-state index < -0.39 is 0 Å². The zero-order valence-corrected chi connectivity index (χ0v) is 21.2. The summed E-state index contributed by atoms with van der Waals surface area (Å²) < 4.78 is 1.04. The number of benzene rings is 2. The predicted molar refractivity (Wildman–Crippen MR) is 150 cm³/mol. The summed E-state index contributed by atoms with van der Waals surface area (Å²) in [7, 11) is 3.89. The molecule has 0 bridgehead atoms. The van der Waals surface area contributed by atoms with E-state index in [0.29, 0.717) is 11.6 Å². The van der Waals surface area contributed by atoms with Crippen molar-refractivity contribution in [1.29, 1.82) is 0 Å². The fourth-order valence-corrected chi connectivity index (χ4v) is 5.37. The van der Waals surface area contributed by atoms with Crippen LogP contribution in [0.4, 0.5) is 11.8 Å². The fourth-order valence-electron chi connectivity index (χ4n) is 4.36. The van der Waals surface area contributed by atoms with Crippen LogP contribution in [0.1, 0.15) is 13.3 Å². The second kappa shape index (κ2) is 9.13. The van der Waals surface area contributed by atoms with Gasteiger partial charge in [0.2, 0.25) is 5.95 Å². The number of hydrogen-bond acceptors (Lipinski definition) is 8. The number of hydrogen-bond donors (Lipinski definition) is 1. The molecule has 6 rings (SSSR count). The van der Waals surface area contributed by atoms with Crippen molar-refractivity contribution in [2.45, 2.75) is 13.3 Å². The van der Waals surface area contributed by atoms with Crippen molar-refractivity contribution in [2.24, 2.45) is 0 Å². The van der Waals surface area contributed by atoms with Crippen molar-refractivity contribution in [3.63, 3.8) is 0 Å². The maximum Gasteiger partial charge on any atom is 0.228 e. The standard InChI is InChI=1S/C28H25N7S/c1-4-15-29-25-19-16-20-24(30-26(19)32-28(31-25)35(2)3)22-21(17-11-7-5-8-12-17)23(33-34-27(22)36-20)18-13-9-6-10-14-18/h5-14,16H,4,15H2,1-3H3,(H,29,30,31,32). The summed E-state index contributed by atoms with van der Waals surface area (Å²) in [5, 5.41) is 14.7. The summed E-state index contributed by atoms with van der Waals surface area (Å²) in [6.07, 6.45) is 1.000. The Labute approximate surface area is 212 Å². The second-order valence-electron chi connectivity index (χ2n) is 8.84. The van der Waals surface area contributed by atoms with Gasteiger partial charge in [-0.25, -0.2) is 4.98 Å². The molecule has 2 aromatic carbocycles. The quantitative estimate of drug-likeness (QED) is 0.289. The summed E-state index contributed by atoms with van der Waals surface area (Å²) in [6, 6.07) is 22.7. The minimum absolute atomic E-state index is 0.625. The van der Waals surface area contributed by atoms with Gasteiger partial charge in [0, 0.05) is 37.2 Å². The average Bonchev–Trinajstić information content (AvgIpc) is 3.28. The van der Waals surface area contributed by atoms with E-state index in [2.05, 4.69) is 59.8 Å². The van der Waals surface area contributed by atoms with Gasteiger partial charge >= 0.3 is 0 Å². The van der Waals surface area contributed by atoms with Crippen LogP contribution in [0.25, 0.3) is 53.9 Å². The molecular formula is C28H25N7S. The van der Waals surface area contributed by atoms with Crippen LogP contribution in [0, 0.1) is 0 Å². The van der Waals surface area contributed by atoms with E-state index in [0.717, 1.165) is 67.0 Å². The van der Waals surface area contributed by atoms with E-state index in [-0.39, 0.29) is 0 Å². The first-order valence-electron chi connectivity index (χ1n) is 12.0. The molecule has 6 aromatic rings. The molecule has 0 fully saturated rings. The lowest BCUT2D eigenvalue weighted by Gasteiger charge is -2.14. The number of fused-ring (bicyclic) bond motifs is 4. The maximum atomic E-state index is 5.12. The first-order chi connectivity index (χ1) is 17.6. The molecule has 0 spiro atoms. The van der Waals surface area contributed by atoms with Gasteiger partial charge in [-0.15, -0.1) is 21.5 Å². The predicted octanol–water partition coefficient (Wildman–Crippen LogP) is 6.40. The summed E-state index contributed by atoms with van der Waals surface area (Å²) >= 11 is 1.60. The Morgan fingerprint density at radius 2 is 1.58 bits per heavy atom. The molecule has 0 saturated heterocycles. The van der Waals surface area contributed by atoms with Gasteiger partial charge in [0.1, 0.15) is 16.3 Å². The zero-order chi connectivity index (χ0) is 24.6. The fraction of sp³-hybridized carbons (Fsp3) is 0.179. The Morgan fingerprint density at radius 1 is 0.861 bits per heavy atom. The van der Waals surface area contributed by atoms with Crippen LogP contribution >= 0.6 is 11.3 Å². The Hall–Kier alpha value is -4.17. The molecule has 8 heteroatoms.